The number of carbonyl (C=O) groups excluding carboxylic acids is 1. The number of nitrogens with two attached hydrogens (primary N) is 1. The molecular formula is C12H21N3O2S. The Hall–Kier alpha value is -0.980. The molecular weight excluding hydrogens is 250 g/mol. The van der Waals surface area contributed by atoms with E-state index in [0.29, 0.717) is 12.2 Å². The van der Waals surface area contributed by atoms with Gasteiger partial charge >= 0.3 is 0 Å². The standard InChI is InChI=1S/C12H21N3O2S/c1-3-8(4-2)10(16)6-14-12(17)9-7-18-11(5-13)15-9/h7-8,10,16H,3-6,13H2,1-2H3,(H,14,17). The molecule has 1 unspecified atom stereocenters. The topological polar surface area (TPSA) is 88.2 Å². The Kier molecular flexibility index (Phi) is 6.24. The molecule has 0 saturated carbocycles. The van der Waals surface area contributed by atoms with Gasteiger partial charge in [-0.3, -0.25) is 4.79 Å². The van der Waals surface area contributed by atoms with Crippen LogP contribution in [-0.4, -0.2) is 28.6 Å². The van der Waals surface area contributed by atoms with Crippen LogP contribution in [0.2, 0.25) is 0 Å². The molecule has 0 fully saturated rings. The molecule has 102 valence electrons. The predicted octanol–water partition coefficient (Wildman–Crippen LogP) is 1.13. The average Bonchev–Trinajstić information content (AvgIpc) is 2.86. The van der Waals surface area contributed by atoms with Crippen molar-refractivity contribution >= 4 is 17.2 Å². The lowest BCUT2D eigenvalue weighted by molar-refractivity contribution is 0.0813. The second kappa shape index (κ2) is 7.45. The lowest BCUT2D eigenvalue weighted by atomic mass is 9.96. The van der Waals surface area contributed by atoms with E-state index in [1.807, 2.05) is 13.8 Å². The highest BCUT2D eigenvalue weighted by molar-refractivity contribution is 7.09. The van der Waals surface area contributed by atoms with Crippen molar-refractivity contribution in [1.29, 1.82) is 0 Å². The van der Waals surface area contributed by atoms with Crippen molar-refractivity contribution in [3.63, 3.8) is 0 Å². The normalized spacial score (nSPS) is 12.7. The van der Waals surface area contributed by atoms with Crippen molar-refractivity contribution in [1.82, 2.24) is 10.3 Å². The molecule has 1 atom stereocenters. The maximum absolute atomic E-state index is 11.8. The third kappa shape index (κ3) is 4.04. The van der Waals surface area contributed by atoms with E-state index in [1.165, 1.54) is 11.3 Å². The monoisotopic (exact) mass is 271 g/mol. The van der Waals surface area contributed by atoms with Crippen molar-refractivity contribution in [3.8, 4) is 0 Å². The molecule has 0 aliphatic rings. The SMILES string of the molecule is CCC(CC)C(O)CNC(=O)c1csc(CN)n1. The van der Waals surface area contributed by atoms with Gasteiger partial charge in [0.15, 0.2) is 0 Å². The number of rotatable bonds is 7. The minimum atomic E-state index is -0.503. The van der Waals surface area contributed by atoms with Crippen molar-refractivity contribution in [2.75, 3.05) is 6.54 Å². The maximum atomic E-state index is 11.8. The summed E-state index contributed by atoms with van der Waals surface area (Å²) in [6, 6.07) is 0. The molecule has 4 N–H and O–H groups in total. The van der Waals surface area contributed by atoms with Gasteiger partial charge in [-0.15, -0.1) is 11.3 Å². The van der Waals surface area contributed by atoms with Gasteiger partial charge in [0.05, 0.1) is 6.10 Å². The van der Waals surface area contributed by atoms with Crippen LogP contribution in [0.4, 0.5) is 0 Å². The molecule has 0 bridgehead atoms. The van der Waals surface area contributed by atoms with E-state index < -0.39 is 6.10 Å². The average molecular weight is 271 g/mol. The fourth-order valence-corrected chi connectivity index (χ4v) is 2.45. The van der Waals surface area contributed by atoms with Crippen molar-refractivity contribution < 1.29 is 9.90 Å². The number of aromatic nitrogens is 1. The molecule has 1 heterocycles. The number of amides is 1. The largest absolute Gasteiger partial charge is 0.391 e. The van der Waals surface area contributed by atoms with E-state index in [0.717, 1.165) is 17.8 Å². The second-order valence-electron chi connectivity index (χ2n) is 4.18. The van der Waals surface area contributed by atoms with Gasteiger partial charge in [-0.25, -0.2) is 4.98 Å². The minimum Gasteiger partial charge on any atom is -0.391 e. The van der Waals surface area contributed by atoms with Gasteiger partial charge in [-0.05, 0) is 5.92 Å². The predicted molar refractivity (Wildman–Crippen MR) is 72.4 cm³/mol. The zero-order valence-electron chi connectivity index (χ0n) is 10.8. The lowest BCUT2D eigenvalue weighted by Gasteiger charge is -2.19. The molecule has 0 aliphatic heterocycles. The van der Waals surface area contributed by atoms with Crippen LogP contribution < -0.4 is 11.1 Å². The fraction of sp³-hybridized carbons (Fsp3) is 0.667. The highest BCUT2D eigenvalue weighted by Crippen LogP contribution is 2.13. The Bertz CT molecular complexity index is 377. The van der Waals surface area contributed by atoms with Gasteiger partial charge in [0, 0.05) is 18.5 Å². The minimum absolute atomic E-state index is 0.223. The third-order valence-electron chi connectivity index (χ3n) is 3.02. The number of thiazole rings is 1. The number of aliphatic hydroxyl groups excluding tert-OH is 1. The van der Waals surface area contributed by atoms with E-state index in [4.69, 9.17) is 5.73 Å². The molecule has 0 aliphatic carbocycles. The number of hydrogen-bond acceptors (Lipinski definition) is 5. The maximum Gasteiger partial charge on any atom is 0.270 e. The van der Waals surface area contributed by atoms with Crippen LogP contribution in [0.15, 0.2) is 5.38 Å². The molecule has 18 heavy (non-hydrogen) atoms. The van der Waals surface area contributed by atoms with Crippen molar-refractivity contribution in [2.24, 2.45) is 11.7 Å². The Balaban J connectivity index is 2.45. The summed E-state index contributed by atoms with van der Waals surface area (Å²) in [6.45, 7) is 4.68. The molecule has 6 heteroatoms. The Morgan fingerprint density at radius 1 is 1.56 bits per heavy atom. The summed E-state index contributed by atoms with van der Waals surface area (Å²) >= 11 is 1.37. The van der Waals surface area contributed by atoms with Crippen LogP contribution in [0, 0.1) is 5.92 Å². The van der Waals surface area contributed by atoms with Gasteiger partial charge in [0.1, 0.15) is 10.7 Å². The second-order valence-corrected chi connectivity index (χ2v) is 5.13. The number of nitrogens with one attached hydrogen (secondary N) is 1. The van der Waals surface area contributed by atoms with Crippen molar-refractivity contribution in [2.45, 2.75) is 39.3 Å². The number of carbonyl (C=O) groups is 1. The smallest absolute Gasteiger partial charge is 0.270 e. The fourth-order valence-electron chi connectivity index (χ4n) is 1.80. The Labute approximate surface area is 111 Å². The summed E-state index contributed by atoms with van der Waals surface area (Å²) in [7, 11) is 0. The van der Waals surface area contributed by atoms with Gasteiger partial charge in [-0.1, -0.05) is 26.7 Å². The molecule has 1 rings (SSSR count). The van der Waals surface area contributed by atoms with E-state index in [-0.39, 0.29) is 18.4 Å². The zero-order chi connectivity index (χ0) is 13.5. The van der Waals surface area contributed by atoms with E-state index >= 15 is 0 Å². The summed E-state index contributed by atoms with van der Waals surface area (Å²) in [5, 5.41) is 15.0. The molecule has 5 nitrogen and oxygen atoms in total. The Morgan fingerprint density at radius 3 is 2.72 bits per heavy atom. The van der Waals surface area contributed by atoms with Gasteiger partial charge < -0.3 is 16.2 Å². The van der Waals surface area contributed by atoms with E-state index in [1.54, 1.807) is 5.38 Å². The first-order valence-corrected chi connectivity index (χ1v) is 7.11. The molecule has 0 aromatic carbocycles. The number of nitrogens with zero attached hydrogens (tertiary/aromatic N) is 1. The van der Waals surface area contributed by atoms with Crippen LogP contribution >= 0.6 is 11.3 Å². The van der Waals surface area contributed by atoms with E-state index in [9.17, 15) is 9.90 Å². The number of hydrogen-bond donors (Lipinski definition) is 3. The van der Waals surface area contributed by atoms with E-state index in [2.05, 4.69) is 10.3 Å². The summed E-state index contributed by atoms with van der Waals surface area (Å²) in [4.78, 5) is 15.9. The van der Waals surface area contributed by atoms with Crippen LogP contribution in [-0.2, 0) is 6.54 Å². The third-order valence-corrected chi connectivity index (χ3v) is 3.89. The molecule has 0 spiro atoms. The summed E-state index contributed by atoms with van der Waals surface area (Å²) < 4.78 is 0. The van der Waals surface area contributed by atoms with Crippen molar-refractivity contribution in [3.05, 3.63) is 16.1 Å². The number of aliphatic hydroxyl groups is 1. The summed E-state index contributed by atoms with van der Waals surface area (Å²) in [5.74, 6) is -0.0312. The van der Waals surface area contributed by atoms with Gasteiger partial charge in [0.25, 0.3) is 5.91 Å². The molecule has 1 aromatic rings. The van der Waals surface area contributed by atoms with Crippen LogP contribution in [0.3, 0.4) is 0 Å². The summed E-state index contributed by atoms with van der Waals surface area (Å²) in [5.41, 5.74) is 5.81. The highest BCUT2D eigenvalue weighted by atomic mass is 32.1. The van der Waals surface area contributed by atoms with Gasteiger partial charge in [0.2, 0.25) is 0 Å². The molecule has 0 saturated heterocycles. The van der Waals surface area contributed by atoms with Crippen LogP contribution in [0.1, 0.15) is 42.2 Å². The quantitative estimate of drug-likeness (QED) is 0.693. The van der Waals surface area contributed by atoms with Gasteiger partial charge in [-0.2, -0.15) is 0 Å². The first-order valence-electron chi connectivity index (χ1n) is 6.23. The first-order chi connectivity index (χ1) is 8.62. The lowest BCUT2D eigenvalue weighted by Crippen LogP contribution is -2.36. The summed E-state index contributed by atoms with van der Waals surface area (Å²) in [6.07, 6.45) is 1.31. The molecule has 1 amide bonds. The van der Waals surface area contributed by atoms with Crippen LogP contribution in [0.5, 0.6) is 0 Å². The molecule has 0 radical (unpaired) electrons. The van der Waals surface area contributed by atoms with Crippen LogP contribution in [0.25, 0.3) is 0 Å². The molecule has 1 aromatic heterocycles. The highest BCUT2D eigenvalue weighted by Gasteiger charge is 2.17. The first kappa shape index (κ1) is 15.1. The Morgan fingerprint density at radius 2 is 2.22 bits per heavy atom. The zero-order valence-corrected chi connectivity index (χ0v) is 11.7.